The molecule has 2 aromatic carbocycles. The predicted molar refractivity (Wildman–Crippen MR) is 131 cm³/mol. The number of aromatic nitrogens is 1. The van der Waals surface area contributed by atoms with Crippen LogP contribution in [0.5, 0.6) is 11.5 Å². The Hall–Kier alpha value is -3.65. The molecule has 1 aliphatic heterocycles. The third-order valence-corrected chi connectivity index (χ3v) is 6.40. The number of fused-ring (bicyclic) bond motifs is 1. The number of benzene rings is 2. The summed E-state index contributed by atoms with van der Waals surface area (Å²) >= 11 is 1.21. The van der Waals surface area contributed by atoms with Gasteiger partial charge in [-0.25, -0.2) is 9.79 Å². The summed E-state index contributed by atoms with van der Waals surface area (Å²) in [6.07, 6.45) is 2.45. The van der Waals surface area contributed by atoms with Crippen LogP contribution in [0.1, 0.15) is 44.4 Å². The maximum Gasteiger partial charge on any atom is 0.338 e. The molecule has 2 heterocycles. The molecule has 1 aliphatic rings. The van der Waals surface area contributed by atoms with Crippen LogP contribution < -0.4 is 19.6 Å². The Morgan fingerprint density at radius 2 is 1.91 bits per heavy atom. The summed E-state index contributed by atoms with van der Waals surface area (Å²) in [5.41, 5.74) is 1.69. The number of rotatable bonds is 7. The maximum atomic E-state index is 13.7. The van der Waals surface area contributed by atoms with E-state index in [2.05, 4.69) is 4.99 Å². The lowest BCUT2D eigenvalue weighted by atomic mass is 9.95. The Labute approximate surface area is 200 Å². The van der Waals surface area contributed by atoms with Gasteiger partial charge in [0.2, 0.25) is 0 Å². The number of hydrogen-bond acceptors (Lipinski definition) is 7. The molecule has 0 spiro atoms. The lowest BCUT2D eigenvalue weighted by Crippen LogP contribution is -2.40. The Morgan fingerprint density at radius 1 is 1.18 bits per heavy atom. The Bertz CT molecular complexity index is 1430. The molecule has 0 aliphatic carbocycles. The van der Waals surface area contributed by atoms with Crippen molar-refractivity contribution >= 4 is 23.4 Å². The zero-order valence-electron chi connectivity index (χ0n) is 19.3. The first kappa shape index (κ1) is 23.5. The molecule has 4 rings (SSSR count). The summed E-state index contributed by atoms with van der Waals surface area (Å²) in [6.45, 7) is 6.20. The maximum absolute atomic E-state index is 13.7. The van der Waals surface area contributed by atoms with Gasteiger partial charge < -0.3 is 14.6 Å². The number of phenolic OH excluding ortho intramolecular Hbond substituents is 1. The number of ether oxygens (including phenoxy) is 2. The van der Waals surface area contributed by atoms with Gasteiger partial charge in [0.15, 0.2) is 4.80 Å². The molecule has 7 nitrogen and oxygen atoms in total. The van der Waals surface area contributed by atoms with Crippen molar-refractivity contribution in [2.75, 3.05) is 13.2 Å². The number of nitrogens with zero attached hydrogens (tertiary/aromatic N) is 2. The van der Waals surface area contributed by atoms with Gasteiger partial charge in [0.25, 0.3) is 5.56 Å². The van der Waals surface area contributed by atoms with Crippen LogP contribution in [0, 0.1) is 0 Å². The molecular weight excluding hydrogens is 452 g/mol. The van der Waals surface area contributed by atoms with Crippen LogP contribution in [0.25, 0.3) is 6.08 Å². The molecule has 34 heavy (non-hydrogen) atoms. The van der Waals surface area contributed by atoms with E-state index in [0.717, 1.165) is 6.42 Å². The molecule has 0 saturated heterocycles. The first-order valence-electron chi connectivity index (χ1n) is 11.2. The summed E-state index contributed by atoms with van der Waals surface area (Å²) < 4.78 is 13.2. The van der Waals surface area contributed by atoms with E-state index < -0.39 is 12.0 Å². The van der Waals surface area contributed by atoms with Gasteiger partial charge in [0, 0.05) is 11.1 Å². The van der Waals surface area contributed by atoms with Crippen LogP contribution in [0.3, 0.4) is 0 Å². The molecule has 0 unspecified atom stereocenters. The number of thiazole rings is 1. The highest BCUT2D eigenvalue weighted by atomic mass is 32.1. The third kappa shape index (κ3) is 4.41. The fourth-order valence-electron chi connectivity index (χ4n) is 3.89. The zero-order valence-corrected chi connectivity index (χ0v) is 20.1. The van der Waals surface area contributed by atoms with Crippen LogP contribution in [-0.4, -0.2) is 28.9 Å². The number of phenols is 1. The number of carbonyl (C=O) groups is 1. The van der Waals surface area contributed by atoms with E-state index in [1.54, 1.807) is 44.2 Å². The van der Waals surface area contributed by atoms with E-state index in [1.165, 1.54) is 15.9 Å². The molecule has 1 aromatic heterocycles. The van der Waals surface area contributed by atoms with Crippen molar-refractivity contribution in [1.29, 1.82) is 0 Å². The third-order valence-electron chi connectivity index (χ3n) is 5.42. The zero-order chi connectivity index (χ0) is 24.2. The average molecular weight is 479 g/mol. The minimum Gasteiger partial charge on any atom is -0.507 e. The summed E-state index contributed by atoms with van der Waals surface area (Å²) in [5, 5.41) is 10.2. The van der Waals surface area contributed by atoms with Crippen molar-refractivity contribution < 1.29 is 19.4 Å². The smallest absolute Gasteiger partial charge is 0.338 e. The van der Waals surface area contributed by atoms with Gasteiger partial charge in [-0.3, -0.25) is 9.36 Å². The molecule has 3 aromatic rings. The van der Waals surface area contributed by atoms with Crippen molar-refractivity contribution in [3.05, 3.63) is 90.6 Å². The Kier molecular flexibility index (Phi) is 6.98. The average Bonchev–Trinajstić information content (AvgIpc) is 3.13. The van der Waals surface area contributed by atoms with E-state index in [4.69, 9.17) is 9.47 Å². The molecule has 0 bridgehead atoms. The number of carbonyl (C=O) groups excluding carboxylic acids is 1. The number of hydrogen-bond donors (Lipinski definition) is 1. The van der Waals surface area contributed by atoms with Gasteiger partial charge in [-0.05, 0) is 38.5 Å². The first-order chi connectivity index (χ1) is 16.5. The van der Waals surface area contributed by atoms with Crippen LogP contribution in [0.4, 0.5) is 0 Å². The summed E-state index contributed by atoms with van der Waals surface area (Å²) in [7, 11) is 0. The van der Waals surface area contributed by atoms with Gasteiger partial charge in [-0.1, -0.05) is 54.7 Å². The second kappa shape index (κ2) is 10.1. The van der Waals surface area contributed by atoms with Crippen molar-refractivity contribution in [3.8, 4) is 11.5 Å². The second-order valence-corrected chi connectivity index (χ2v) is 8.76. The molecule has 176 valence electrons. The van der Waals surface area contributed by atoms with Crippen LogP contribution >= 0.6 is 11.3 Å². The minimum atomic E-state index is -0.755. The first-order valence-corrected chi connectivity index (χ1v) is 12.0. The fraction of sp³-hybridized carbons (Fsp3) is 0.269. The Morgan fingerprint density at radius 3 is 2.65 bits per heavy atom. The quantitative estimate of drug-likeness (QED) is 0.527. The Balaban J connectivity index is 1.98. The number of allylic oxidation sites excluding steroid dienone is 1. The van der Waals surface area contributed by atoms with Crippen LogP contribution in [0.2, 0.25) is 0 Å². The van der Waals surface area contributed by atoms with E-state index in [9.17, 15) is 14.7 Å². The molecule has 0 saturated carbocycles. The normalized spacial score (nSPS) is 15.6. The molecule has 0 fully saturated rings. The van der Waals surface area contributed by atoms with Crippen LogP contribution in [0.15, 0.2) is 69.6 Å². The van der Waals surface area contributed by atoms with Crippen molar-refractivity contribution in [3.63, 3.8) is 0 Å². The minimum absolute atomic E-state index is 0.0755. The van der Waals surface area contributed by atoms with E-state index in [0.29, 0.717) is 44.1 Å². The molecular formula is C26H26N2O5S. The van der Waals surface area contributed by atoms with E-state index >= 15 is 0 Å². The number of esters is 1. The number of aromatic hydroxyl groups is 1. The second-order valence-electron chi connectivity index (χ2n) is 7.75. The van der Waals surface area contributed by atoms with E-state index in [-0.39, 0.29) is 17.9 Å². The van der Waals surface area contributed by atoms with Gasteiger partial charge in [0.1, 0.15) is 17.5 Å². The SMILES string of the molecule is CCCOc1ccccc1[C@@H]1C(C(=O)OCC)=C(C)N=c2s/c(=C\c3ccccc3O)c(=O)n21. The van der Waals surface area contributed by atoms with Crippen molar-refractivity contribution in [2.24, 2.45) is 4.99 Å². The highest BCUT2D eigenvalue weighted by Gasteiger charge is 2.35. The largest absolute Gasteiger partial charge is 0.507 e. The monoisotopic (exact) mass is 478 g/mol. The fourth-order valence-corrected chi connectivity index (χ4v) is 4.92. The van der Waals surface area contributed by atoms with Crippen molar-refractivity contribution in [2.45, 2.75) is 33.2 Å². The molecule has 8 heteroatoms. The summed E-state index contributed by atoms with van der Waals surface area (Å²) in [5.74, 6) is 0.154. The van der Waals surface area contributed by atoms with Gasteiger partial charge in [-0.2, -0.15) is 0 Å². The highest BCUT2D eigenvalue weighted by Crippen LogP contribution is 2.35. The van der Waals surface area contributed by atoms with Gasteiger partial charge in [-0.15, -0.1) is 0 Å². The molecule has 0 amide bonds. The number of para-hydroxylation sites is 2. The van der Waals surface area contributed by atoms with E-state index in [1.807, 2.05) is 31.2 Å². The molecule has 1 atom stereocenters. The summed E-state index contributed by atoms with van der Waals surface area (Å²) in [6, 6.07) is 13.4. The highest BCUT2D eigenvalue weighted by molar-refractivity contribution is 7.07. The molecule has 0 radical (unpaired) electrons. The van der Waals surface area contributed by atoms with Gasteiger partial charge >= 0.3 is 5.97 Å². The van der Waals surface area contributed by atoms with Gasteiger partial charge in [0.05, 0.1) is 29.0 Å². The van der Waals surface area contributed by atoms with Crippen LogP contribution in [-0.2, 0) is 9.53 Å². The lowest BCUT2D eigenvalue weighted by Gasteiger charge is -2.26. The molecule has 1 N–H and O–H groups in total. The topological polar surface area (TPSA) is 90.1 Å². The standard InChI is InChI=1S/C26H26N2O5S/c1-4-14-33-20-13-9-7-11-18(20)23-22(25(31)32-5-2)16(3)27-26-28(23)24(30)21(34-26)15-17-10-6-8-12-19(17)29/h6-13,15,23,29H,4-5,14H2,1-3H3/b21-15-/t23-/m1/s1. The van der Waals surface area contributed by atoms with Crippen molar-refractivity contribution in [1.82, 2.24) is 4.57 Å². The predicted octanol–water partition coefficient (Wildman–Crippen LogP) is 3.29. The summed E-state index contributed by atoms with van der Waals surface area (Å²) in [4.78, 5) is 31.7. The lowest BCUT2D eigenvalue weighted by molar-refractivity contribution is -0.139.